The number of nitrogen functional groups attached to an aromatic ring is 1. The fourth-order valence-electron chi connectivity index (χ4n) is 3.77. The number of hydrogen-bond donors (Lipinski definition) is 4. The molecule has 0 unspecified atom stereocenters. The molecule has 1 fully saturated rings. The molecule has 1 aliphatic rings. The van der Waals surface area contributed by atoms with Crippen molar-refractivity contribution < 1.29 is 28.9 Å². The maximum atomic E-state index is 13.9. The van der Waals surface area contributed by atoms with Crippen LogP contribution in [0, 0.1) is 5.82 Å². The van der Waals surface area contributed by atoms with Crippen LogP contribution in [0.1, 0.15) is 37.5 Å². The van der Waals surface area contributed by atoms with Gasteiger partial charge in [-0.1, -0.05) is 23.2 Å². The second kappa shape index (κ2) is 13.2. The minimum atomic E-state index is -1.26. The molecule has 13 heteroatoms. The highest BCUT2D eigenvalue weighted by Crippen LogP contribution is 2.37. The summed E-state index contributed by atoms with van der Waals surface area (Å²) in [5.41, 5.74) is 8.12. The summed E-state index contributed by atoms with van der Waals surface area (Å²) in [4.78, 5) is 23.4. The summed E-state index contributed by atoms with van der Waals surface area (Å²) >= 11 is 12.3. The Kier molecular flexibility index (Phi) is 10.1. The van der Waals surface area contributed by atoms with Crippen molar-refractivity contribution in [1.29, 1.82) is 0 Å². The number of aromatic nitrogens is 3. The van der Waals surface area contributed by atoms with Crippen LogP contribution in [0.4, 0.5) is 10.2 Å². The molecule has 1 aliphatic heterocycles. The number of nitrogens with two attached hydrogens (primary N) is 1. The highest BCUT2D eigenvalue weighted by atomic mass is 35.5. The number of hydrogen-bond acceptors (Lipinski definition) is 7. The molecule has 3 aromatic rings. The number of carboxylic acids is 2. The number of nitrogens with one attached hydrogen (secondary N) is 1. The zero-order chi connectivity index (χ0) is 27.8. The van der Waals surface area contributed by atoms with E-state index in [1.807, 2.05) is 17.1 Å². The van der Waals surface area contributed by atoms with Gasteiger partial charge in [0.2, 0.25) is 0 Å². The van der Waals surface area contributed by atoms with Gasteiger partial charge in [0.15, 0.2) is 11.6 Å². The van der Waals surface area contributed by atoms with Crippen LogP contribution in [0.5, 0.6) is 5.75 Å². The van der Waals surface area contributed by atoms with Gasteiger partial charge in [0.05, 0.1) is 17.3 Å². The van der Waals surface area contributed by atoms with Gasteiger partial charge in [0.25, 0.3) is 0 Å². The summed E-state index contributed by atoms with van der Waals surface area (Å²) < 4.78 is 21.9. The molecule has 4 rings (SSSR count). The summed E-state index contributed by atoms with van der Waals surface area (Å²) in [6.45, 7) is 3.71. The molecule has 3 heterocycles. The standard InChI is InChI=1S/C21H22Cl2FN5O.C4H4O4/c1-12(19-16(22)2-3-17(24)20(19)23)30-18-8-13(9-27-21(18)25)14-10-28-29(11-14)15-4-6-26-7-5-15;5-3(6)1-2-4(7)8/h2-3,8-12,15,26H,4-7H2,1H3,(H2,25,27);1-2H,(H,5,6)(H,7,8)/b;2-1-/t12-;/m1./s1. The maximum absolute atomic E-state index is 13.9. The molecule has 0 bridgehead atoms. The number of pyridine rings is 1. The number of anilines is 1. The first-order chi connectivity index (χ1) is 18.1. The molecule has 0 aliphatic carbocycles. The number of nitrogens with zero attached hydrogens (tertiary/aromatic N) is 3. The Balaban J connectivity index is 0.000000436. The van der Waals surface area contributed by atoms with Gasteiger partial charge in [-0.3, -0.25) is 4.68 Å². The highest BCUT2D eigenvalue weighted by molar-refractivity contribution is 6.36. The minimum absolute atomic E-state index is 0.0686. The molecule has 10 nitrogen and oxygen atoms in total. The predicted octanol–water partition coefficient (Wildman–Crippen LogP) is 4.75. The summed E-state index contributed by atoms with van der Waals surface area (Å²) in [5, 5.41) is 23.8. The van der Waals surface area contributed by atoms with Gasteiger partial charge >= 0.3 is 11.9 Å². The van der Waals surface area contributed by atoms with Crippen LogP contribution in [-0.4, -0.2) is 50.0 Å². The lowest BCUT2D eigenvalue weighted by Crippen LogP contribution is -2.29. The van der Waals surface area contributed by atoms with E-state index in [1.54, 1.807) is 19.2 Å². The van der Waals surface area contributed by atoms with E-state index in [0.29, 0.717) is 34.5 Å². The Bertz CT molecular complexity index is 1310. The lowest BCUT2D eigenvalue weighted by Gasteiger charge is -2.22. The van der Waals surface area contributed by atoms with Crippen molar-refractivity contribution in [3.8, 4) is 16.9 Å². The molecule has 202 valence electrons. The smallest absolute Gasteiger partial charge is 0.328 e. The van der Waals surface area contributed by atoms with Crippen molar-refractivity contribution in [2.45, 2.75) is 31.9 Å². The van der Waals surface area contributed by atoms with Gasteiger partial charge in [-0.2, -0.15) is 5.10 Å². The van der Waals surface area contributed by atoms with Gasteiger partial charge in [0, 0.05) is 46.3 Å². The maximum Gasteiger partial charge on any atom is 0.328 e. The van der Waals surface area contributed by atoms with E-state index in [9.17, 15) is 14.0 Å². The third kappa shape index (κ3) is 7.67. The van der Waals surface area contributed by atoms with Crippen molar-refractivity contribution in [3.63, 3.8) is 0 Å². The summed E-state index contributed by atoms with van der Waals surface area (Å²) in [6.07, 6.45) is 8.07. The lowest BCUT2D eigenvalue weighted by atomic mass is 10.1. The Morgan fingerprint density at radius 1 is 1.18 bits per heavy atom. The van der Waals surface area contributed by atoms with Gasteiger partial charge < -0.3 is 26.0 Å². The second-order valence-electron chi connectivity index (χ2n) is 8.32. The minimum Gasteiger partial charge on any atom is -0.482 e. The molecule has 0 radical (unpaired) electrons. The molecule has 0 spiro atoms. The van der Waals surface area contributed by atoms with E-state index in [4.69, 9.17) is 43.9 Å². The molecule has 1 saturated heterocycles. The van der Waals surface area contributed by atoms with E-state index in [0.717, 1.165) is 37.1 Å². The van der Waals surface area contributed by atoms with Crippen LogP contribution >= 0.6 is 23.2 Å². The fraction of sp³-hybridized carbons (Fsp3) is 0.280. The largest absolute Gasteiger partial charge is 0.482 e. The van der Waals surface area contributed by atoms with Gasteiger partial charge in [-0.05, 0) is 51.1 Å². The molecule has 0 saturated carbocycles. The third-order valence-corrected chi connectivity index (χ3v) is 6.37. The molecule has 2 aromatic heterocycles. The number of halogens is 3. The first-order valence-corrected chi connectivity index (χ1v) is 12.3. The first kappa shape index (κ1) is 28.9. The number of rotatable bonds is 7. The van der Waals surface area contributed by atoms with Crippen LogP contribution in [0.15, 0.2) is 48.9 Å². The number of ether oxygens (including phenoxy) is 1. The molecule has 1 aromatic carbocycles. The van der Waals surface area contributed by atoms with Gasteiger partial charge in [0.1, 0.15) is 11.9 Å². The van der Waals surface area contributed by atoms with E-state index in [-0.39, 0.29) is 10.8 Å². The van der Waals surface area contributed by atoms with Crippen LogP contribution in [0.2, 0.25) is 10.0 Å². The van der Waals surface area contributed by atoms with Gasteiger partial charge in [-0.25, -0.2) is 19.0 Å². The average Bonchev–Trinajstić information content (AvgIpc) is 3.38. The van der Waals surface area contributed by atoms with Crippen LogP contribution in [-0.2, 0) is 9.59 Å². The van der Waals surface area contributed by atoms with Crippen molar-refractivity contribution in [2.24, 2.45) is 0 Å². The summed E-state index contributed by atoms with van der Waals surface area (Å²) in [6, 6.07) is 4.85. The zero-order valence-electron chi connectivity index (χ0n) is 20.3. The van der Waals surface area contributed by atoms with Crippen molar-refractivity contribution >= 4 is 41.0 Å². The third-order valence-electron chi connectivity index (χ3n) is 5.66. The summed E-state index contributed by atoms with van der Waals surface area (Å²) in [5.74, 6) is -2.48. The molecule has 38 heavy (non-hydrogen) atoms. The van der Waals surface area contributed by atoms with E-state index in [2.05, 4.69) is 15.4 Å². The average molecular weight is 566 g/mol. The first-order valence-electron chi connectivity index (χ1n) is 11.5. The number of carboxylic acid groups (broad SMARTS) is 2. The van der Waals surface area contributed by atoms with Gasteiger partial charge in [-0.15, -0.1) is 0 Å². The fourth-order valence-corrected chi connectivity index (χ4v) is 4.45. The second-order valence-corrected chi connectivity index (χ2v) is 9.11. The van der Waals surface area contributed by atoms with Crippen molar-refractivity contribution in [1.82, 2.24) is 20.1 Å². The Morgan fingerprint density at radius 3 is 2.47 bits per heavy atom. The quantitative estimate of drug-likeness (QED) is 0.234. The molecule has 1 atom stereocenters. The van der Waals surface area contributed by atoms with Crippen LogP contribution in [0.25, 0.3) is 11.1 Å². The van der Waals surface area contributed by atoms with Crippen molar-refractivity contribution in [2.75, 3.05) is 18.8 Å². The monoisotopic (exact) mass is 565 g/mol. The lowest BCUT2D eigenvalue weighted by molar-refractivity contribution is -0.134. The Hall–Kier alpha value is -3.67. The van der Waals surface area contributed by atoms with E-state index in [1.165, 1.54) is 12.1 Å². The number of benzene rings is 1. The van der Waals surface area contributed by atoms with Crippen molar-refractivity contribution in [3.05, 3.63) is 70.4 Å². The molecular weight excluding hydrogens is 540 g/mol. The Morgan fingerprint density at radius 2 is 1.84 bits per heavy atom. The SMILES string of the molecule is C[C@@H](Oc1cc(-c2cnn(C3CCNCC3)c2)cnc1N)c1c(Cl)ccc(F)c1Cl.O=C(O)/C=C\C(=O)O. The normalized spacial score (nSPS) is 14.5. The number of carbonyl (C=O) groups is 2. The topological polar surface area (TPSA) is 153 Å². The van der Waals surface area contributed by atoms with Crippen LogP contribution < -0.4 is 15.8 Å². The summed E-state index contributed by atoms with van der Waals surface area (Å²) in [7, 11) is 0. The molecular formula is C25H26Cl2FN5O5. The van der Waals surface area contributed by atoms with E-state index < -0.39 is 23.9 Å². The highest BCUT2D eigenvalue weighted by Gasteiger charge is 2.21. The molecule has 0 amide bonds. The van der Waals surface area contributed by atoms with Crippen LogP contribution in [0.3, 0.4) is 0 Å². The number of aliphatic carboxylic acids is 2. The molecule has 5 N–H and O–H groups in total. The zero-order valence-corrected chi connectivity index (χ0v) is 21.8. The predicted molar refractivity (Wildman–Crippen MR) is 141 cm³/mol. The Labute approximate surface area is 227 Å². The number of piperidine rings is 1. The van der Waals surface area contributed by atoms with E-state index >= 15 is 0 Å².